The summed E-state index contributed by atoms with van der Waals surface area (Å²) in [7, 11) is 0. The Balaban J connectivity index is 1.29. The van der Waals surface area contributed by atoms with Crippen molar-refractivity contribution in [2.24, 2.45) is 0 Å². The molecule has 1 saturated heterocycles. The second kappa shape index (κ2) is 11.7. The van der Waals surface area contributed by atoms with E-state index in [1.165, 1.54) is 0 Å². The zero-order valence-electron chi connectivity index (χ0n) is 26.4. The number of nitrogen functional groups attached to an aromatic ring is 1. The summed E-state index contributed by atoms with van der Waals surface area (Å²) in [6.45, 7) is 8.58. The Morgan fingerprint density at radius 1 is 0.935 bits per heavy atom. The highest BCUT2D eigenvalue weighted by Crippen LogP contribution is 2.42. The average Bonchev–Trinajstić information content (AvgIpc) is 3.41. The van der Waals surface area contributed by atoms with Gasteiger partial charge in [0.2, 0.25) is 0 Å². The molecule has 5 heterocycles. The summed E-state index contributed by atoms with van der Waals surface area (Å²) < 4.78 is 13.1. The minimum atomic E-state index is -0.572. The maximum Gasteiger partial charge on any atom is 0.408 e. The number of pyridine rings is 3. The number of amides is 1. The van der Waals surface area contributed by atoms with Crippen LogP contribution >= 0.6 is 0 Å². The fourth-order valence-electron chi connectivity index (χ4n) is 6.11. The lowest BCUT2D eigenvalue weighted by Crippen LogP contribution is -2.52. The molecule has 5 aromatic rings. The lowest BCUT2D eigenvalue weighted by molar-refractivity contribution is 0.0377. The summed E-state index contributed by atoms with van der Waals surface area (Å²) in [5.41, 5.74) is 10.8. The van der Waals surface area contributed by atoms with Crippen LogP contribution in [0.1, 0.15) is 45.6 Å². The van der Waals surface area contributed by atoms with E-state index < -0.39 is 17.2 Å². The maximum absolute atomic E-state index is 12.7. The number of alkyl carbamates (subject to hydrolysis) is 1. The molecule has 0 radical (unpaired) electrons. The number of hydrogen-bond donors (Lipinski definition) is 2. The summed E-state index contributed by atoms with van der Waals surface area (Å²) in [6, 6.07) is 21.9. The van der Waals surface area contributed by atoms with Gasteiger partial charge in [0.15, 0.2) is 11.5 Å². The number of aromatic nitrogens is 5. The summed E-state index contributed by atoms with van der Waals surface area (Å²) in [5, 5.41) is 3.15. The van der Waals surface area contributed by atoms with E-state index in [9.17, 15) is 4.79 Å². The van der Waals surface area contributed by atoms with Crippen molar-refractivity contribution in [2.45, 2.75) is 51.2 Å². The molecular weight excluding hydrogens is 580 g/mol. The van der Waals surface area contributed by atoms with Gasteiger partial charge in [-0.1, -0.05) is 18.2 Å². The monoisotopic (exact) mass is 618 g/mol. The average molecular weight is 619 g/mol. The molecule has 1 aromatic carbocycles. The van der Waals surface area contributed by atoms with Crippen LogP contribution < -0.4 is 16.0 Å². The molecule has 1 amide bonds. The largest absolute Gasteiger partial charge is 0.444 e. The molecule has 0 spiro atoms. The van der Waals surface area contributed by atoms with Gasteiger partial charge < -0.3 is 25.4 Å². The maximum atomic E-state index is 12.7. The van der Waals surface area contributed by atoms with Crippen molar-refractivity contribution in [3.05, 3.63) is 78.5 Å². The number of morpholine rings is 1. The third-order valence-electron chi connectivity index (χ3n) is 8.54. The van der Waals surface area contributed by atoms with Gasteiger partial charge in [0.25, 0.3) is 0 Å². The van der Waals surface area contributed by atoms with Crippen molar-refractivity contribution >= 4 is 28.9 Å². The zero-order valence-corrected chi connectivity index (χ0v) is 26.4. The predicted molar refractivity (Wildman–Crippen MR) is 178 cm³/mol. The Labute approximate surface area is 267 Å². The zero-order chi connectivity index (χ0) is 31.9. The minimum absolute atomic E-state index is 0.380. The van der Waals surface area contributed by atoms with Crippen molar-refractivity contribution < 1.29 is 14.3 Å². The number of carbonyl (C=O) groups excluding carboxylic acids is 1. The van der Waals surface area contributed by atoms with Gasteiger partial charge in [-0.3, -0.25) is 4.57 Å². The molecule has 2 fully saturated rings. The van der Waals surface area contributed by atoms with Crippen LogP contribution in [0, 0.1) is 0 Å². The third kappa shape index (κ3) is 5.74. The van der Waals surface area contributed by atoms with E-state index in [0.717, 1.165) is 66.3 Å². The van der Waals surface area contributed by atoms with Crippen LogP contribution in [0.4, 0.5) is 16.4 Å². The fourth-order valence-corrected chi connectivity index (χ4v) is 6.11. The van der Waals surface area contributed by atoms with Gasteiger partial charge in [-0.15, -0.1) is 0 Å². The van der Waals surface area contributed by atoms with E-state index in [1.54, 1.807) is 6.20 Å². The van der Waals surface area contributed by atoms with Gasteiger partial charge in [0, 0.05) is 25.0 Å². The van der Waals surface area contributed by atoms with Crippen molar-refractivity contribution in [2.75, 3.05) is 36.9 Å². The SMILES string of the molecule is CC(C)(C)OC(=O)NC1(c2ccc(-n3c(-c4cccnc4N)nc4ccc(-c5cccc(N6CCOCC6)n5)nc43)cc2)CCC1. The Morgan fingerprint density at radius 3 is 2.39 bits per heavy atom. The summed E-state index contributed by atoms with van der Waals surface area (Å²) >= 11 is 0. The van der Waals surface area contributed by atoms with Gasteiger partial charge >= 0.3 is 6.09 Å². The smallest absolute Gasteiger partial charge is 0.408 e. The standard InChI is InChI=1S/C35H38N8O3/c1-34(2,3)46-33(44)41-35(16-6-17-35)23-10-12-24(13-11-23)43-31(25-7-5-18-37-30(25)36)40-28-15-14-27(39-32(28)43)26-8-4-9-29(38-26)42-19-21-45-22-20-42/h4-5,7-15,18H,6,16-17,19-22H2,1-3H3,(H2,36,37)(H,41,44). The first-order chi connectivity index (χ1) is 22.2. The van der Waals surface area contributed by atoms with Gasteiger partial charge in [-0.05, 0) is 94.1 Å². The molecule has 236 valence electrons. The number of benzene rings is 1. The molecule has 46 heavy (non-hydrogen) atoms. The number of ether oxygens (including phenoxy) is 2. The molecule has 0 atom stereocenters. The van der Waals surface area contributed by atoms with Crippen LogP contribution in [0.2, 0.25) is 0 Å². The van der Waals surface area contributed by atoms with Crippen molar-refractivity contribution in [3.63, 3.8) is 0 Å². The molecule has 4 aromatic heterocycles. The Morgan fingerprint density at radius 2 is 1.70 bits per heavy atom. The fraction of sp³-hybridized carbons (Fsp3) is 0.343. The van der Waals surface area contributed by atoms with Crippen LogP contribution in [0.5, 0.6) is 0 Å². The number of hydrogen-bond acceptors (Lipinski definition) is 9. The Kier molecular flexibility index (Phi) is 7.56. The molecule has 7 rings (SSSR count). The number of nitrogens with two attached hydrogens (primary N) is 1. The van der Waals surface area contributed by atoms with Crippen molar-refractivity contribution in [3.8, 4) is 28.5 Å². The summed E-state index contributed by atoms with van der Waals surface area (Å²) in [6.07, 6.45) is 3.98. The predicted octanol–water partition coefficient (Wildman–Crippen LogP) is 5.87. The molecule has 0 unspecified atom stereocenters. The van der Waals surface area contributed by atoms with Gasteiger partial charge in [-0.2, -0.15) is 0 Å². The molecule has 3 N–H and O–H groups in total. The molecular formula is C35H38N8O3. The molecule has 2 aliphatic rings. The second-order valence-corrected chi connectivity index (χ2v) is 12.8. The van der Waals surface area contributed by atoms with Crippen LogP contribution in [0.25, 0.3) is 39.6 Å². The lowest BCUT2D eigenvalue weighted by Gasteiger charge is -2.43. The van der Waals surface area contributed by atoms with E-state index in [4.69, 9.17) is 30.2 Å². The van der Waals surface area contributed by atoms with Gasteiger partial charge in [0.05, 0.1) is 35.7 Å². The first-order valence-electron chi connectivity index (χ1n) is 15.7. The second-order valence-electron chi connectivity index (χ2n) is 12.8. The van der Waals surface area contributed by atoms with Crippen molar-refractivity contribution in [1.29, 1.82) is 0 Å². The van der Waals surface area contributed by atoms with Gasteiger partial charge in [0.1, 0.15) is 22.8 Å². The van der Waals surface area contributed by atoms with Crippen LogP contribution in [-0.2, 0) is 15.0 Å². The number of anilines is 2. The van der Waals surface area contributed by atoms with E-state index in [-0.39, 0.29) is 0 Å². The molecule has 1 aliphatic heterocycles. The van der Waals surface area contributed by atoms with Crippen LogP contribution in [0.15, 0.2) is 72.9 Å². The number of nitrogens with zero attached hydrogens (tertiary/aromatic N) is 6. The first-order valence-corrected chi connectivity index (χ1v) is 15.7. The Bertz CT molecular complexity index is 1890. The summed E-state index contributed by atoms with van der Waals surface area (Å²) in [5.74, 6) is 1.92. The topological polar surface area (TPSA) is 133 Å². The normalized spacial score (nSPS) is 16.2. The Hall–Kier alpha value is -5.03. The number of nitrogens with one attached hydrogen (secondary N) is 1. The third-order valence-corrected chi connectivity index (χ3v) is 8.54. The molecule has 11 heteroatoms. The van der Waals surface area contributed by atoms with E-state index in [2.05, 4.69) is 27.3 Å². The number of imidazole rings is 1. The highest BCUT2D eigenvalue weighted by atomic mass is 16.6. The molecule has 1 aliphatic carbocycles. The molecule has 11 nitrogen and oxygen atoms in total. The lowest BCUT2D eigenvalue weighted by atomic mass is 9.72. The van der Waals surface area contributed by atoms with E-state index >= 15 is 0 Å². The van der Waals surface area contributed by atoms with Crippen LogP contribution in [0.3, 0.4) is 0 Å². The van der Waals surface area contributed by atoms with Crippen molar-refractivity contribution in [1.82, 2.24) is 29.8 Å². The quantitative estimate of drug-likeness (QED) is 0.240. The van der Waals surface area contributed by atoms with Gasteiger partial charge in [-0.25, -0.2) is 24.7 Å². The molecule has 0 bridgehead atoms. The van der Waals surface area contributed by atoms with E-state index in [1.807, 2.05) is 79.9 Å². The number of carbonyl (C=O) groups is 1. The van der Waals surface area contributed by atoms with Crippen LogP contribution in [-0.4, -0.2) is 62.5 Å². The summed E-state index contributed by atoms with van der Waals surface area (Å²) in [4.78, 5) is 34.4. The van der Waals surface area contributed by atoms with E-state index in [0.29, 0.717) is 36.1 Å². The number of fused-ring (bicyclic) bond motifs is 1. The first kappa shape index (κ1) is 29.7. The highest BCUT2D eigenvalue weighted by molar-refractivity contribution is 5.84. The highest BCUT2D eigenvalue weighted by Gasteiger charge is 2.41. The minimum Gasteiger partial charge on any atom is -0.444 e. The molecule has 1 saturated carbocycles. The number of rotatable bonds is 6.